The molecule has 0 aliphatic carbocycles. The maximum atomic E-state index is 11.0. The Hall–Kier alpha value is -2.30. The smallest absolute Gasteiger partial charge is 0.356 e. The molecule has 2 N–H and O–H groups in total. The molecule has 0 radical (unpaired) electrons. The van der Waals surface area contributed by atoms with Gasteiger partial charge in [0, 0.05) is 12.7 Å². The highest BCUT2D eigenvalue weighted by Crippen LogP contribution is 2.20. The van der Waals surface area contributed by atoms with E-state index < -0.39 is 5.97 Å². The normalized spacial score (nSPS) is 10.2. The van der Waals surface area contributed by atoms with E-state index in [1.54, 1.807) is 7.05 Å². The number of hydrogen-bond donors (Lipinski definition) is 2. The van der Waals surface area contributed by atoms with Crippen LogP contribution in [0.15, 0.2) is 30.5 Å². The number of rotatable bonds is 3. The summed E-state index contributed by atoms with van der Waals surface area (Å²) < 4.78 is 1.33. The van der Waals surface area contributed by atoms with E-state index >= 15 is 0 Å². The molecule has 1 heterocycles. The number of aryl methyl sites for hydroxylation is 2. The van der Waals surface area contributed by atoms with Crippen molar-refractivity contribution in [1.29, 1.82) is 0 Å². The van der Waals surface area contributed by atoms with Crippen molar-refractivity contribution < 1.29 is 9.90 Å². The molecule has 0 fully saturated rings. The topological polar surface area (TPSA) is 67.2 Å². The number of carboxylic acids is 1. The third-order valence-electron chi connectivity index (χ3n) is 2.47. The molecule has 1 aromatic heterocycles. The molecule has 1 aromatic carbocycles. The Morgan fingerprint density at radius 2 is 2.00 bits per heavy atom. The highest BCUT2D eigenvalue weighted by molar-refractivity contribution is 5.93. The van der Waals surface area contributed by atoms with Gasteiger partial charge in [-0.05, 0) is 19.1 Å². The Morgan fingerprint density at radius 1 is 1.35 bits per heavy atom. The Kier molecular flexibility index (Phi) is 2.82. The molecule has 0 saturated carbocycles. The zero-order valence-corrected chi connectivity index (χ0v) is 9.64. The summed E-state index contributed by atoms with van der Waals surface area (Å²) in [5.74, 6) is -1.00. The minimum Gasteiger partial charge on any atom is -0.476 e. The molecule has 0 bridgehead atoms. The standard InChI is InChI=1S/C12H13N3O2/c1-8-3-5-9(6-4-8)14-10-7-13-15(2)11(10)12(16)17/h3-7,14H,1-2H3,(H,16,17). The summed E-state index contributed by atoms with van der Waals surface area (Å²) in [6.07, 6.45) is 1.50. The van der Waals surface area contributed by atoms with E-state index in [1.807, 2.05) is 31.2 Å². The van der Waals surface area contributed by atoms with Crippen LogP contribution in [0.5, 0.6) is 0 Å². The number of hydrogen-bond acceptors (Lipinski definition) is 3. The lowest BCUT2D eigenvalue weighted by Gasteiger charge is -2.05. The Balaban J connectivity index is 2.30. The second kappa shape index (κ2) is 4.29. The Labute approximate surface area is 98.7 Å². The van der Waals surface area contributed by atoms with Gasteiger partial charge < -0.3 is 10.4 Å². The molecule has 0 amide bonds. The van der Waals surface area contributed by atoms with Crippen LogP contribution in [0.3, 0.4) is 0 Å². The lowest BCUT2D eigenvalue weighted by molar-refractivity contribution is 0.0686. The van der Waals surface area contributed by atoms with Crippen molar-refractivity contribution in [1.82, 2.24) is 9.78 Å². The summed E-state index contributed by atoms with van der Waals surface area (Å²) in [5.41, 5.74) is 2.63. The van der Waals surface area contributed by atoms with Gasteiger partial charge in [0.15, 0.2) is 5.69 Å². The van der Waals surface area contributed by atoms with Crippen molar-refractivity contribution in [2.75, 3.05) is 5.32 Å². The van der Waals surface area contributed by atoms with Gasteiger partial charge in [-0.25, -0.2) is 4.79 Å². The van der Waals surface area contributed by atoms with E-state index in [2.05, 4.69) is 10.4 Å². The number of aromatic carboxylic acids is 1. The highest BCUT2D eigenvalue weighted by Gasteiger charge is 2.15. The van der Waals surface area contributed by atoms with Gasteiger partial charge in [0.2, 0.25) is 0 Å². The summed E-state index contributed by atoms with van der Waals surface area (Å²) in [4.78, 5) is 11.0. The average Bonchev–Trinajstić information content (AvgIpc) is 2.63. The van der Waals surface area contributed by atoms with E-state index in [9.17, 15) is 4.79 Å². The summed E-state index contributed by atoms with van der Waals surface area (Å²) in [6, 6.07) is 7.71. The lowest BCUT2D eigenvalue weighted by Crippen LogP contribution is -2.07. The van der Waals surface area contributed by atoms with Gasteiger partial charge >= 0.3 is 5.97 Å². The van der Waals surface area contributed by atoms with Crippen molar-refractivity contribution >= 4 is 17.3 Å². The number of nitrogens with one attached hydrogen (secondary N) is 1. The summed E-state index contributed by atoms with van der Waals surface area (Å²) in [7, 11) is 1.60. The van der Waals surface area contributed by atoms with Crippen LogP contribution in [0, 0.1) is 6.92 Å². The number of aromatic nitrogens is 2. The van der Waals surface area contributed by atoms with Gasteiger partial charge in [-0.15, -0.1) is 0 Å². The van der Waals surface area contributed by atoms with E-state index in [0.717, 1.165) is 11.3 Å². The van der Waals surface area contributed by atoms with Crippen LogP contribution in [0.25, 0.3) is 0 Å². The zero-order valence-electron chi connectivity index (χ0n) is 9.64. The first-order valence-electron chi connectivity index (χ1n) is 5.17. The number of benzene rings is 1. The van der Waals surface area contributed by atoms with Gasteiger partial charge in [-0.3, -0.25) is 4.68 Å². The van der Waals surface area contributed by atoms with Crippen molar-refractivity contribution in [3.8, 4) is 0 Å². The molecule has 88 valence electrons. The molecule has 17 heavy (non-hydrogen) atoms. The zero-order chi connectivity index (χ0) is 12.4. The van der Waals surface area contributed by atoms with Gasteiger partial charge in [-0.2, -0.15) is 5.10 Å². The summed E-state index contributed by atoms with van der Waals surface area (Å²) in [6.45, 7) is 2.00. The number of anilines is 2. The van der Waals surface area contributed by atoms with Crippen LogP contribution in [0.1, 0.15) is 16.1 Å². The van der Waals surface area contributed by atoms with E-state index in [-0.39, 0.29) is 5.69 Å². The number of carbonyl (C=O) groups is 1. The van der Waals surface area contributed by atoms with Gasteiger partial charge in [0.05, 0.1) is 11.9 Å². The summed E-state index contributed by atoms with van der Waals surface area (Å²) in [5, 5.41) is 16.0. The van der Waals surface area contributed by atoms with Crippen molar-refractivity contribution in [2.45, 2.75) is 6.92 Å². The monoisotopic (exact) mass is 231 g/mol. The Morgan fingerprint density at radius 3 is 2.59 bits per heavy atom. The fraction of sp³-hybridized carbons (Fsp3) is 0.167. The van der Waals surface area contributed by atoms with Crippen molar-refractivity contribution in [3.63, 3.8) is 0 Å². The molecule has 0 unspecified atom stereocenters. The van der Waals surface area contributed by atoms with Gasteiger partial charge in [-0.1, -0.05) is 17.7 Å². The predicted octanol–water partition coefficient (Wildman–Crippen LogP) is 2.17. The lowest BCUT2D eigenvalue weighted by atomic mass is 10.2. The highest BCUT2D eigenvalue weighted by atomic mass is 16.4. The van der Waals surface area contributed by atoms with E-state index in [1.165, 1.54) is 10.9 Å². The molecule has 2 aromatic rings. The van der Waals surface area contributed by atoms with E-state index in [4.69, 9.17) is 5.11 Å². The second-order valence-electron chi connectivity index (χ2n) is 3.83. The molecule has 0 aliphatic heterocycles. The molecule has 2 rings (SSSR count). The summed E-state index contributed by atoms with van der Waals surface area (Å²) >= 11 is 0. The maximum Gasteiger partial charge on any atom is 0.356 e. The van der Waals surface area contributed by atoms with Crippen molar-refractivity contribution in [3.05, 3.63) is 41.7 Å². The first-order chi connectivity index (χ1) is 8.08. The average molecular weight is 231 g/mol. The number of carboxylic acid groups (broad SMARTS) is 1. The SMILES string of the molecule is Cc1ccc(Nc2cnn(C)c2C(=O)O)cc1. The van der Waals surface area contributed by atoms with Crippen LogP contribution >= 0.6 is 0 Å². The fourth-order valence-corrected chi connectivity index (χ4v) is 1.58. The Bertz CT molecular complexity index is 543. The van der Waals surface area contributed by atoms with Crippen LogP contribution in [-0.4, -0.2) is 20.9 Å². The molecular weight excluding hydrogens is 218 g/mol. The maximum absolute atomic E-state index is 11.0. The van der Waals surface area contributed by atoms with Crippen LogP contribution < -0.4 is 5.32 Å². The minimum absolute atomic E-state index is 0.144. The molecule has 0 saturated heterocycles. The van der Waals surface area contributed by atoms with E-state index in [0.29, 0.717) is 5.69 Å². The first kappa shape index (κ1) is 11.2. The van der Waals surface area contributed by atoms with Crippen molar-refractivity contribution in [2.24, 2.45) is 7.05 Å². The largest absolute Gasteiger partial charge is 0.476 e. The minimum atomic E-state index is -1.00. The molecule has 0 aliphatic rings. The van der Waals surface area contributed by atoms with Crippen LogP contribution in [-0.2, 0) is 7.05 Å². The molecule has 0 spiro atoms. The third-order valence-corrected chi connectivity index (χ3v) is 2.47. The fourth-order valence-electron chi connectivity index (χ4n) is 1.58. The molecular formula is C12H13N3O2. The molecule has 0 atom stereocenters. The molecule has 5 heteroatoms. The van der Waals surface area contributed by atoms with Gasteiger partial charge in [0.1, 0.15) is 0 Å². The van der Waals surface area contributed by atoms with Crippen LogP contribution in [0.2, 0.25) is 0 Å². The third kappa shape index (κ3) is 2.28. The van der Waals surface area contributed by atoms with Gasteiger partial charge in [0.25, 0.3) is 0 Å². The van der Waals surface area contributed by atoms with Crippen LogP contribution in [0.4, 0.5) is 11.4 Å². The quantitative estimate of drug-likeness (QED) is 0.849. The number of nitrogens with zero attached hydrogens (tertiary/aromatic N) is 2. The predicted molar refractivity (Wildman–Crippen MR) is 64.6 cm³/mol. The first-order valence-corrected chi connectivity index (χ1v) is 5.17. The second-order valence-corrected chi connectivity index (χ2v) is 3.83. The molecule has 5 nitrogen and oxygen atoms in total.